The molecule has 2 aliphatic rings. The van der Waals surface area contributed by atoms with E-state index in [-0.39, 0.29) is 0 Å². The molecule has 42 heavy (non-hydrogen) atoms. The van der Waals surface area contributed by atoms with Gasteiger partial charge in [0.05, 0.1) is 33.8 Å². The minimum Gasteiger partial charge on any atom is -0.399 e. The minimum atomic E-state index is -0.555. The molecule has 0 bridgehead atoms. The molecule has 2 fully saturated rings. The van der Waals surface area contributed by atoms with Gasteiger partial charge in [-0.25, -0.2) is 9.97 Å². The van der Waals surface area contributed by atoms with E-state index < -0.39 is 36.6 Å². The lowest BCUT2D eigenvalue weighted by Gasteiger charge is -2.32. The van der Waals surface area contributed by atoms with Crippen LogP contribution in [0.3, 0.4) is 0 Å². The fourth-order valence-electron chi connectivity index (χ4n) is 5.12. The number of aromatic nitrogens is 2. The number of benzene rings is 3. The molecular weight excluding hydrogens is 522 g/mol. The Morgan fingerprint density at radius 2 is 0.833 bits per heavy atom. The van der Waals surface area contributed by atoms with Crippen LogP contribution < -0.4 is 10.9 Å². The van der Waals surface area contributed by atoms with E-state index in [1.54, 1.807) is 0 Å². The van der Waals surface area contributed by atoms with E-state index in [2.05, 4.69) is 85.7 Å². The number of nitrogens with zero attached hydrogens (tertiary/aromatic N) is 2. The summed E-state index contributed by atoms with van der Waals surface area (Å²) in [5, 5.41) is 0. The zero-order chi connectivity index (χ0) is 29.9. The summed E-state index contributed by atoms with van der Waals surface area (Å²) in [5.74, 6) is 0.658. The SMILES string of the molecule is CC1(C)OB(c2cc(B3OC(C)(C)C(C)(C)O3)cc(-c3cc(-c4ccccc4)nc(-c4ccccc4)n3)c2)OC1(C)C. The van der Waals surface area contributed by atoms with Crippen molar-refractivity contribution in [1.29, 1.82) is 0 Å². The normalized spacial score (nSPS) is 20.2. The van der Waals surface area contributed by atoms with E-state index in [0.717, 1.165) is 39.0 Å². The zero-order valence-electron chi connectivity index (χ0n) is 25.8. The van der Waals surface area contributed by atoms with Gasteiger partial charge in [0.1, 0.15) is 0 Å². The molecule has 1 aromatic heterocycles. The van der Waals surface area contributed by atoms with Crippen LogP contribution in [0, 0.1) is 0 Å². The highest BCUT2D eigenvalue weighted by Crippen LogP contribution is 2.38. The van der Waals surface area contributed by atoms with Crippen LogP contribution in [0.25, 0.3) is 33.9 Å². The molecule has 0 radical (unpaired) electrons. The van der Waals surface area contributed by atoms with Crippen molar-refractivity contribution in [2.75, 3.05) is 0 Å². The van der Waals surface area contributed by atoms with Crippen molar-refractivity contribution >= 4 is 25.2 Å². The van der Waals surface area contributed by atoms with Crippen molar-refractivity contribution in [3.8, 4) is 33.9 Å². The van der Waals surface area contributed by atoms with Gasteiger partial charge in [-0.1, -0.05) is 78.9 Å². The Morgan fingerprint density at radius 1 is 0.452 bits per heavy atom. The summed E-state index contributed by atoms with van der Waals surface area (Å²) in [6, 6.07) is 28.6. The van der Waals surface area contributed by atoms with E-state index in [0.29, 0.717) is 5.82 Å². The van der Waals surface area contributed by atoms with Gasteiger partial charge in [0.2, 0.25) is 0 Å². The summed E-state index contributed by atoms with van der Waals surface area (Å²) >= 11 is 0. The number of hydrogen-bond acceptors (Lipinski definition) is 6. The van der Waals surface area contributed by atoms with Gasteiger partial charge in [-0.3, -0.25) is 0 Å². The first-order valence-corrected chi connectivity index (χ1v) is 14.6. The Kier molecular flexibility index (Phi) is 6.97. The molecule has 0 saturated carbocycles. The smallest absolute Gasteiger partial charge is 0.399 e. The van der Waals surface area contributed by atoms with Crippen molar-refractivity contribution in [3.63, 3.8) is 0 Å². The summed E-state index contributed by atoms with van der Waals surface area (Å²) in [6.45, 7) is 16.5. The molecule has 8 heteroatoms. The quantitative estimate of drug-likeness (QED) is 0.276. The van der Waals surface area contributed by atoms with Crippen LogP contribution in [-0.4, -0.2) is 46.6 Å². The van der Waals surface area contributed by atoms with E-state index in [4.69, 9.17) is 28.6 Å². The van der Waals surface area contributed by atoms with Gasteiger partial charge in [-0.15, -0.1) is 0 Å². The molecule has 3 aromatic carbocycles. The first-order chi connectivity index (χ1) is 19.7. The Hall–Kier alpha value is -3.29. The standard InChI is InChI=1S/C34H38B2N2O4/c1-31(2)32(3,4)40-35(39-31)26-19-25(20-27(21-26)36-41-33(5,6)34(7,8)42-36)29-22-28(23-15-11-9-12-16-23)37-30(38-29)24-17-13-10-14-18-24/h9-22H,1-8H3. The van der Waals surface area contributed by atoms with Crippen LogP contribution in [-0.2, 0) is 18.6 Å². The zero-order valence-corrected chi connectivity index (χ0v) is 25.8. The average molecular weight is 560 g/mol. The number of rotatable bonds is 5. The summed E-state index contributed by atoms with van der Waals surface area (Å²) in [7, 11) is -1.11. The van der Waals surface area contributed by atoms with Crippen molar-refractivity contribution in [3.05, 3.63) is 84.9 Å². The lowest BCUT2D eigenvalue weighted by molar-refractivity contribution is 0.00578. The second kappa shape index (κ2) is 10.2. The van der Waals surface area contributed by atoms with Gasteiger partial charge in [0.15, 0.2) is 5.82 Å². The Bertz CT molecular complexity index is 1460. The highest BCUT2D eigenvalue weighted by Gasteiger charge is 2.54. The largest absolute Gasteiger partial charge is 0.494 e. The molecular formula is C34H38B2N2O4. The second-order valence-corrected chi connectivity index (χ2v) is 13.3. The lowest BCUT2D eigenvalue weighted by atomic mass is 9.70. The topological polar surface area (TPSA) is 62.7 Å². The molecule has 214 valence electrons. The van der Waals surface area contributed by atoms with Crippen molar-refractivity contribution in [2.24, 2.45) is 0 Å². The Morgan fingerprint density at radius 3 is 1.26 bits per heavy atom. The van der Waals surface area contributed by atoms with Crippen LogP contribution in [0.4, 0.5) is 0 Å². The fraction of sp³-hybridized carbons (Fsp3) is 0.353. The summed E-state index contributed by atoms with van der Waals surface area (Å²) in [6.07, 6.45) is 0. The van der Waals surface area contributed by atoms with E-state index in [9.17, 15) is 0 Å². The van der Waals surface area contributed by atoms with Gasteiger partial charge >= 0.3 is 14.2 Å². The molecule has 0 atom stereocenters. The van der Waals surface area contributed by atoms with Crippen molar-refractivity contribution < 1.29 is 18.6 Å². The van der Waals surface area contributed by atoms with Crippen LogP contribution >= 0.6 is 0 Å². The van der Waals surface area contributed by atoms with Gasteiger partial charge in [0, 0.05) is 11.1 Å². The highest BCUT2D eigenvalue weighted by molar-refractivity contribution is 6.66. The third-order valence-electron chi connectivity index (χ3n) is 9.15. The van der Waals surface area contributed by atoms with E-state index in [1.807, 2.05) is 54.6 Å². The fourth-order valence-corrected chi connectivity index (χ4v) is 5.12. The Balaban J connectivity index is 1.52. The Labute approximate surface area is 250 Å². The molecule has 0 aliphatic carbocycles. The molecule has 6 rings (SSSR count). The predicted octanol–water partition coefficient (Wildman–Crippen LogP) is 6.08. The first-order valence-electron chi connectivity index (χ1n) is 14.6. The first kappa shape index (κ1) is 28.8. The van der Waals surface area contributed by atoms with Crippen molar-refractivity contribution in [2.45, 2.75) is 77.8 Å². The van der Waals surface area contributed by atoms with Crippen LogP contribution in [0.2, 0.25) is 0 Å². The molecule has 0 N–H and O–H groups in total. The van der Waals surface area contributed by atoms with Gasteiger partial charge in [-0.2, -0.15) is 0 Å². The molecule has 2 aliphatic heterocycles. The summed E-state index contributed by atoms with van der Waals surface area (Å²) < 4.78 is 26.0. The van der Waals surface area contributed by atoms with Gasteiger partial charge in [-0.05, 0) is 77.9 Å². The predicted molar refractivity (Wildman–Crippen MR) is 170 cm³/mol. The molecule has 0 amide bonds. The van der Waals surface area contributed by atoms with Gasteiger partial charge in [0.25, 0.3) is 0 Å². The van der Waals surface area contributed by atoms with E-state index >= 15 is 0 Å². The molecule has 2 saturated heterocycles. The highest BCUT2D eigenvalue weighted by atomic mass is 16.7. The van der Waals surface area contributed by atoms with E-state index in [1.165, 1.54) is 0 Å². The molecule has 0 spiro atoms. The maximum Gasteiger partial charge on any atom is 0.494 e. The lowest BCUT2D eigenvalue weighted by Crippen LogP contribution is -2.41. The maximum atomic E-state index is 6.49. The molecule has 6 nitrogen and oxygen atoms in total. The van der Waals surface area contributed by atoms with Crippen LogP contribution in [0.1, 0.15) is 55.4 Å². The molecule has 3 heterocycles. The van der Waals surface area contributed by atoms with Crippen LogP contribution in [0.5, 0.6) is 0 Å². The maximum absolute atomic E-state index is 6.49. The summed E-state index contributed by atoms with van der Waals surface area (Å²) in [5.41, 5.74) is 4.37. The molecule has 0 unspecified atom stereocenters. The van der Waals surface area contributed by atoms with Crippen LogP contribution in [0.15, 0.2) is 84.9 Å². The van der Waals surface area contributed by atoms with Crippen molar-refractivity contribution in [1.82, 2.24) is 9.97 Å². The molecule has 4 aromatic rings. The third-order valence-corrected chi connectivity index (χ3v) is 9.15. The third kappa shape index (κ3) is 5.22. The summed E-state index contributed by atoms with van der Waals surface area (Å²) in [4.78, 5) is 10.0. The number of hydrogen-bond donors (Lipinski definition) is 0. The monoisotopic (exact) mass is 560 g/mol. The average Bonchev–Trinajstić information content (AvgIpc) is 3.33. The van der Waals surface area contributed by atoms with Gasteiger partial charge < -0.3 is 18.6 Å². The second-order valence-electron chi connectivity index (χ2n) is 13.3. The minimum absolute atomic E-state index is 0.478.